The number of fused-ring (bicyclic) bond motifs is 1. The highest BCUT2D eigenvalue weighted by molar-refractivity contribution is 5.96. The van der Waals surface area contributed by atoms with Gasteiger partial charge in [0.15, 0.2) is 5.78 Å². The molecule has 0 fully saturated rings. The smallest absolute Gasteiger partial charge is 0.248 e. The van der Waals surface area contributed by atoms with Gasteiger partial charge in [-0.05, 0) is 42.5 Å². The van der Waals surface area contributed by atoms with Gasteiger partial charge in [0, 0.05) is 33.9 Å². The van der Waals surface area contributed by atoms with E-state index in [0.29, 0.717) is 17.1 Å². The monoisotopic (exact) mass is 360 g/mol. The zero-order chi connectivity index (χ0) is 18.8. The average Bonchev–Trinajstić information content (AvgIpc) is 3.28. The van der Waals surface area contributed by atoms with Crippen molar-refractivity contribution in [3.8, 4) is 11.4 Å². The molecule has 27 heavy (non-hydrogen) atoms. The number of amides is 1. The molecule has 4 rings (SSSR count). The first-order chi connectivity index (χ1) is 13.1. The zero-order valence-corrected chi connectivity index (χ0v) is 14.5. The van der Waals surface area contributed by atoms with E-state index in [1.165, 1.54) is 11.7 Å². The first kappa shape index (κ1) is 16.6. The minimum atomic E-state index is -0.284. The fourth-order valence-electron chi connectivity index (χ4n) is 2.79. The van der Waals surface area contributed by atoms with Gasteiger partial charge < -0.3 is 10.3 Å². The molecule has 0 bridgehead atoms. The highest BCUT2D eigenvalue weighted by Crippen LogP contribution is 2.25. The molecule has 2 heterocycles. The molecule has 0 saturated heterocycles. The lowest BCUT2D eigenvalue weighted by molar-refractivity contribution is -0.117. The molecule has 2 aromatic carbocycles. The van der Waals surface area contributed by atoms with Gasteiger partial charge in [0.25, 0.3) is 0 Å². The Balaban J connectivity index is 1.46. The van der Waals surface area contributed by atoms with Crippen LogP contribution in [-0.2, 0) is 11.3 Å². The molecule has 2 N–H and O–H groups in total. The molecule has 134 valence electrons. The Kier molecular flexibility index (Phi) is 4.21. The Morgan fingerprint density at radius 1 is 1.11 bits per heavy atom. The Labute approximate surface area is 154 Å². The molecule has 0 radical (unpaired) electrons. The Morgan fingerprint density at radius 3 is 2.67 bits per heavy atom. The highest BCUT2D eigenvalue weighted by atomic mass is 16.2. The van der Waals surface area contributed by atoms with Crippen LogP contribution in [0, 0.1) is 0 Å². The summed E-state index contributed by atoms with van der Waals surface area (Å²) in [6.45, 7) is 1.43. The quantitative estimate of drug-likeness (QED) is 0.532. The lowest BCUT2D eigenvalue weighted by Gasteiger charge is -2.04. The van der Waals surface area contributed by atoms with Crippen LogP contribution in [0.3, 0.4) is 0 Å². The van der Waals surface area contributed by atoms with E-state index < -0.39 is 0 Å². The molecule has 0 saturated carbocycles. The van der Waals surface area contributed by atoms with E-state index >= 15 is 0 Å². The summed E-state index contributed by atoms with van der Waals surface area (Å²) in [4.78, 5) is 27.9. The van der Waals surface area contributed by atoms with Gasteiger partial charge in [0.1, 0.15) is 6.54 Å². The zero-order valence-electron chi connectivity index (χ0n) is 14.5. The van der Waals surface area contributed by atoms with Crippen LogP contribution in [0.15, 0.2) is 54.7 Å². The first-order valence-corrected chi connectivity index (χ1v) is 8.35. The highest BCUT2D eigenvalue weighted by Gasteiger charge is 2.13. The number of hydrogen-bond acceptors (Lipinski definition) is 5. The van der Waals surface area contributed by atoms with Crippen molar-refractivity contribution >= 4 is 28.3 Å². The van der Waals surface area contributed by atoms with Crippen molar-refractivity contribution in [3.05, 3.63) is 60.3 Å². The van der Waals surface area contributed by atoms with Gasteiger partial charge in [-0.3, -0.25) is 9.59 Å². The summed E-state index contributed by atoms with van der Waals surface area (Å²) >= 11 is 0. The van der Waals surface area contributed by atoms with E-state index in [2.05, 4.69) is 25.7 Å². The van der Waals surface area contributed by atoms with Crippen LogP contribution < -0.4 is 5.32 Å². The van der Waals surface area contributed by atoms with Crippen LogP contribution in [0.4, 0.5) is 5.69 Å². The van der Waals surface area contributed by atoms with Crippen LogP contribution in [0.25, 0.3) is 22.3 Å². The maximum Gasteiger partial charge on any atom is 0.248 e. The molecule has 0 aliphatic carbocycles. The largest absolute Gasteiger partial charge is 0.360 e. The molecule has 0 unspecified atom stereocenters. The van der Waals surface area contributed by atoms with Crippen molar-refractivity contribution in [2.45, 2.75) is 13.5 Å². The van der Waals surface area contributed by atoms with Crippen LogP contribution in [-0.4, -0.2) is 36.9 Å². The molecule has 8 nitrogen and oxygen atoms in total. The van der Waals surface area contributed by atoms with E-state index in [1.54, 1.807) is 24.3 Å². The summed E-state index contributed by atoms with van der Waals surface area (Å²) in [7, 11) is 0. The van der Waals surface area contributed by atoms with Gasteiger partial charge in [-0.25, -0.2) is 0 Å². The Bertz CT molecular complexity index is 1130. The minimum absolute atomic E-state index is 0.0236. The van der Waals surface area contributed by atoms with Crippen molar-refractivity contribution in [1.82, 2.24) is 25.2 Å². The maximum absolute atomic E-state index is 12.2. The second kappa shape index (κ2) is 6.83. The summed E-state index contributed by atoms with van der Waals surface area (Å²) in [6.07, 6.45) is 1.82. The number of hydrogen-bond donors (Lipinski definition) is 2. The number of tetrazole rings is 1. The topological polar surface area (TPSA) is 106 Å². The van der Waals surface area contributed by atoms with Gasteiger partial charge in [0.05, 0.1) is 0 Å². The minimum Gasteiger partial charge on any atom is -0.360 e. The summed E-state index contributed by atoms with van der Waals surface area (Å²) < 4.78 is 0. The summed E-state index contributed by atoms with van der Waals surface area (Å²) in [5.41, 5.74) is 3.00. The van der Waals surface area contributed by atoms with E-state index in [0.717, 1.165) is 16.5 Å². The van der Waals surface area contributed by atoms with Gasteiger partial charge in [-0.1, -0.05) is 18.2 Å². The number of nitrogens with zero attached hydrogens (tertiary/aromatic N) is 4. The predicted octanol–water partition coefficient (Wildman–Crippen LogP) is 2.66. The second-order valence-corrected chi connectivity index (χ2v) is 6.07. The lowest BCUT2D eigenvalue weighted by atomic mass is 10.1. The molecular weight excluding hydrogens is 344 g/mol. The molecule has 0 spiro atoms. The van der Waals surface area contributed by atoms with E-state index in [9.17, 15) is 9.59 Å². The number of benzene rings is 2. The van der Waals surface area contributed by atoms with E-state index in [1.807, 2.05) is 30.5 Å². The number of H-pyrrole nitrogens is 1. The van der Waals surface area contributed by atoms with E-state index in [4.69, 9.17) is 0 Å². The second-order valence-electron chi connectivity index (χ2n) is 6.07. The summed E-state index contributed by atoms with van der Waals surface area (Å²) in [6, 6.07) is 14.5. The number of carbonyl (C=O) groups excluding carboxylic acids is 2. The molecular formula is C19H16N6O2. The van der Waals surface area contributed by atoms with Crippen molar-refractivity contribution in [3.63, 3.8) is 0 Å². The predicted molar refractivity (Wildman–Crippen MR) is 100 cm³/mol. The Hall–Kier alpha value is -3.81. The molecule has 1 amide bonds. The lowest BCUT2D eigenvalue weighted by Crippen LogP contribution is -2.20. The number of anilines is 1. The van der Waals surface area contributed by atoms with Crippen LogP contribution in [0.1, 0.15) is 17.3 Å². The van der Waals surface area contributed by atoms with Gasteiger partial charge in [-0.15, -0.1) is 10.2 Å². The van der Waals surface area contributed by atoms with Gasteiger partial charge in [0.2, 0.25) is 11.7 Å². The molecule has 0 aliphatic heterocycles. The third-order valence-corrected chi connectivity index (χ3v) is 4.14. The number of nitrogens with one attached hydrogen (secondary N) is 2. The van der Waals surface area contributed by atoms with E-state index in [-0.39, 0.29) is 18.2 Å². The van der Waals surface area contributed by atoms with Crippen LogP contribution >= 0.6 is 0 Å². The van der Waals surface area contributed by atoms with Gasteiger partial charge in [-0.2, -0.15) is 4.80 Å². The number of ketones is 1. The molecule has 0 aliphatic rings. The Morgan fingerprint density at radius 2 is 1.89 bits per heavy atom. The molecule has 4 aromatic rings. The number of para-hydroxylation sites is 1. The maximum atomic E-state index is 12.2. The standard InChI is InChI=1S/C19H16N6O2/c1-12(26)13-6-8-14(9-7-13)21-18(27)11-25-23-19(22-24-25)16-10-20-17-5-3-2-4-15(16)17/h2-10,20H,11H2,1H3,(H,21,27). The van der Waals surface area contributed by atoms with Crippen LogP contribution in [0.2, 0.25) is 0 Å². The number of aromatic amines is 1. The van der Waals surface area contributed by atoms with Crippen LogP contribution in [0.5, 0.6) is 0 Å². The van der Waals surface area contributed by atoms with Crippen molar-refractivity contribution < 1.29 is 9.59 Å². The van der Waals surface area contributed by atoms with Crippen molar-refractivity contribution in [1.29, 1.82) is 0 Å². The molecule has 0 atom stereocenters. The number of aromatic nitrogens is 5. The normalized spacial score (nSPS) is 10.9. The summed E-state index contributed by atoms with van der Waals surface area (Å²) in [5, 5.41) is 16.0. The molecule has 8 heteroatoms. The first-order valence-electron chi connectivity index (χ1n) is 8.35. The fraction of sp³-hybridized carbons (Fsp3) is 0.105. The third-order valence-electron chi connectivity index (χ3n) is 4.14. The fourth-order valence-corrected chi connectivity index (χ4v) is 2.79. The third kappa shape index (κ3) is 3.45. The van der Waals surface area contributed by atoms with Gasteiger partial charge >= 0.3 is 0 Å². The summed E-state index contributed by atoms with van der Waals surface area (Å²) in [5.74, 6) is 0.143. The number of Topliss-reactive ketones (excluding diaryl/α,β-unsaturated/α-hetero) is 1. The number of carbonyl (C=O) groups is 2. The van der Waals surface area contributed by atoms with Crippen molar-refractivity contribution in [2.24, 2.45) is 0 Å². The average molecular weight is 360 g/mol. The van der Waals surface area contributed by atoms with Crippen molar-refractivity contribution in [2.75, 3.05) is 5.32 Å². The number of rotatable bonds is 5. The molecule has 2 aromatic heterocycles. The SMILES string of the molecule is CC(=O)c1ccc(NC(=O)Cn2nnc(-c3c[nH]c4ccccc34)n2)cc1.